The number of nitro benzene ring substituents is 1. The van der Waals surface area contributed by atoms with E-state index in [0.29, 0.717) is 0 Å². The average molecular weight is 237 g/mol. The summed E-state index contributed by atoms with van der Waals surface area (Å²) in [6.07, 6.45) is 2.22. The van der Waals surface area contributed by atoms with Crippen LogP contribution in [-0.2, 0) is 9.53 Å². The van der Waals surface area contributed by atoms with Gasteiger partial charge in [-0.25, -0.2) is 4.79 Å². The topological polar surface area (TPSA) is 78.7 Å². The first kappa shape index (κ1) is 12.7. The normalized spacial score (nSPS) is 10.2. The van der Waals surface area contributed by atoms with Crippen LogP contribution in [0.1, 0.15) is 6.92 Å². The molecule has 0 bridgehead atoms. The van der Waals surface area contributed by atoms with Crippen LogP contribution in [0.2, 0.25) is 0 Å². The van der Waals surface area contributed by atoms with Gasteiger partial charge in [0.25, 0.3) is 5.69 Å². The SMILES string of the molecule is CCOC(=O)/C=C/Oc1cccc([N+](=O)[O-])c1. The summed E-state index contributed by atoms with van der Waals surface area (Å²) in [5.41, 5.74) is -0.0768. The summed E-state index contributed by atoms with van der Waals surface area (Å²) in [6, 6.07) is 5.64. The van der Waals surface area contributed by atoms with Crippen molar-refractivity contribution in [2.45, 2.75) is 6.92 Å². The number of carbonyl (C=O) groups is 1. The summed E-state index contributed by atoms with van der Waals surface area (Å²) in [6.45, 7) is 1.97. The molecule has 0 aliphatic heterocycles. The summed E-state index contributed by atoms with van der Waals surface area (Å²) in [5, 5.41) is 10.5. The van der Waals surface area contributed by atoms with Crippen molar-refractivity contribution in [1.82, 2.24) is 0 Å². The predicted octanol–water partition coefficient (Wildman–Crippen LogP) is 2.05. The van der Waals surface area contributed by atoms with E-state index in [9.17, 15) is 14.9 Å². The average Bonchev–Trinajstić information content (AvgIpc) is 2.30. The summed E-state index contributed by atoms with van der Waals surface area (Å²) < 4.78 is 9.66. The minimum atomic E-state index is -0.530. The van der Waals surface area contributed by atoms with Crippen LogP contribution in [-0.4, -0.2) is 17.5 Å². The molecule has 0 fully saturated rings. The van der Waals surface area contributed by atoms with E-state index in [-0.39, 0.29) is 18.0 Å². The molecule has 0 amide bonds. The van der Waals surface area contributed by atoms with E-state index in [0.717, 1.165) is 12.3 Å². The van der Waals surface area contributed by atoms with Crippen LogP contribution in [0.25, 0.3) is 0 Å². The number of hydrogen-bond donors (Lipinski definition) is 0. The fourth-order valence-electron chi connectivity index (χ4n) is 1.03. The number of nitro groups is 1. The van der Waals surface area contributed by atoms with Crippen molar-refractivity contribution in [3.05, 3.63) is 46.7 Å². The second-order valence-corrected chi connectivity index (χ2v) is 2.93. The van der Waals surface area contributed by atoms with Crippen molar-refractivity contribution in [1.29, 1.82) is 0 Å². The molecule has 0 atom stereocenters. The number of nitrogens with zero attached hydrogens (tertiary/aromatic N) is 1. The number of rotatable bonds is 5. The van der Waals surface area contributed by atoms with Gasteiger partial charge in [0.1, 0.15) is 5.75 Å². The molecule has 0 radical (unpaired) electrons. The van der Waals surface area contributed by atoms with Crippen molar-refractivity contribution in [2.75, 3.05) is 6.61 Å². The van der Waals surface area contributed by atoms with Crippen molar-refractivity contribution in [2.24, 2.45) is 0 Å². The van der Waals surface area contributed by atoms with Crippen LogP contribution in [0.3, 0.4) is 0 Å². The van der Waals surface area contributed by atoms with E-state index in [4.69, 9.17) is 4.74 Å². The molecule has 0 aliphatic carbocycles. The smallest absolute Gasteiger partial charge is 0.333 e. The molecule has 1 rings (SSSR count). The Morgan fingerprint density at radius 1 is 1.53 bits per heavy atom. The second-order valence-electron chi connectivity index (χ2n) is 2.93. The molecule has 90 valence electrons. The highest BCUT2D eigenvalue weighted by Gasteiger charge is 2.05. The lowest BCUT2D eigenvalue weighted by molar-refractivity contribution is -0.384. The molecule has 0 aromatic heterocycles. The van der Waals surface area contributed by atoms with Crippen LogP contribution < -0.4 is 4.74 Å². The third-order valence-corrected chi connectivity index (χ3v) is 1.72. The Hall–Kier alpha value is -2.37. The monoisotopic (exact) mass is 237 g/mol. The third kappa shape index (κ3) is 4.33. The second kappa shape index (κ2) is 6.26. The van der Waals surface area contributed by atoms with Gasteiger partial charge in [-0.3, -0.25) is 10.1 Å². The van der Waals surface area contributed by atoms with Gasteiger partial charge in [-0.1, -0.05) is 6.07 Å². The first-order valence-electron chi connectivity index (χ1n) is 4.88. The van der Waals surface area contributed by atoms with E-state index in [2.05, 4.69) is 4.74 Å². The Morgan fingerprint density at radius 2 is 2.29 bits per heavy atom. The minimum Gasteiger partial charge on any atom is -0.464 e. The van der Waals surface area contributed by atoms with Gasteiger partial charge in [0, 0.05) is 6.07 Å². The van der Waals surface area contributed by atoms with Gasteiger partial charge >= 0.3 is 5.97 Å². The molecular formula is C11H11NO5. The Labute approximate surface area is 97.6 Å². The molecule has 0 saturated carbocycles. The van der Waals surface area contributed by atoms with E-state index in [1.807, 2.05) is 0 Å². The zero-order chi connectivity index (χ0) is 12.7. The first-order valence-corrected chi connectivity index (χ1v) is 4.88. The highest BCUT2D eigenvalue weighted by atomic mass is 16.6. The summed E-state index contributed by atoms with van der Waals surface area (Å²) in [4.78, 5) is 20.9. The molecule has 1 aromatic rings. The molecule has 0 aliphatic rings. The molecular weight excluding hydrogens is 226 g/mol. The van der Waals surface area contributed by atoms with Crippen LogP contribution in [0.4, 0.5) is 5.69 Å². The van der Waals surface area contributed by atoms with Crippen LogP contribution in [0, 0.1) is 10.1 Å². The predicted molar refractivity (Wildman–Crippen MR) is 59.5 cm³/mol. The summed E-state index contributed by atoms with van der Waals surface area (Å²) in [7, 11) is 0. The van der Waals surface area contributed by atoms with Crippen molar-refractivity contribution >= 4 is 11.7 Å². The van der Waals surface area contributed by atoms with Crippen LogP contribution in [0.15, 0.2) is 36.6 Å². The molecule has 6 heteroatoms. The summed E-state index contributed by atoms with van der Waals surface area (Å²) in [5.74, 6) is -0.252. The highest BCUT2D eigenvalue weighted by Crippen LogP contribution is 2.19. The maximum Gasteiger partial charge on any atom is 0.333 e. The molecule has 0 unspecified atom stereocenters. The fourth-order valence-corrected chi connectivity index (χ4v) is 1.03. The Morgan fingerprint density at radius 3 is 2.94 bits per heavy atom. The lowest BCUT2D eigenvalue weighted by Gasteiger charge is -1.99. The molecule has 17 heavy (non-hydrogen) atoms. The maximum atomic E-state index is 10.9. The fraction of sp³-hybridized carbons (Fsp3) is 0.182. The van der Waals surface area contributed by atoms with Gasteiger partial charge in [0.05, 0.1) is 29.9 Å². The molecule has 0 N–H and O–H groups in total. The number of hydrogen-bond acceptors (Lipinski definition) is 5. The largest absolute Gasteiger partial charge is 0.464 e. The number of non-ortho nitro benzene ring substituents is 1. The number of ether oxygens (including phenoxy) is 2. The standard InChI is InChI=1S/C11H11NO5/c1-2-16-11(13)6-7-17-10-5-3-4-9(8-10)12(14)15/h3-8H,2H2,1H3/b7-6+. The van der Waals surface area contributed by atoms with Gasteiger partial charge in [0.15, 0.2) is 0 Å². The van der Waals surface area contributed by atoms with Crippen molar-refractivity contribution < 1.29 is 19.2 Å². The van der Waals surface area contributed by atoms with E-state index in [1.54, 1.807) is 13.0 Å². The Bertz CT molecular complexity index is 441. The molecule has 0 spiro atoms. The van der Waals surface area contributed by atoms with Gasteiger partial charge in [0.2, 0.25) is 0 Å². The van der Waals surface area contributed by atoms with Crippen molar-refractivity contribution in [3.8, 4) is 5.75 Å². The molecule has 0 saturated heterocycles. The van der Waals surface area contributed by atoms with Gasteiger partial charge < -0.3 is 9.47 Å². The summed E-state index contributed by atoms with van der Waals surface area (Å²) >= 11 is 0. The Kier molecular flexibility index (Phi) is 4.68. The zero-order valence-electron chi connectivity index (χ0n) is 9.16. The first-order chi connectivity index (χ1) is 8.13. The molecule has 0 heterocycles. The van der Waals surface area contributed by atoms with Gasteiger partial charge in [-0.15, -0.1) is 0 Å². The molecule has 1 aromatic carbocycles. The van der Waals surface area contributed by atoms with E-state index >= 15 is 0 Å². The zero-order valence-corrected chi connectivity index (χ0v) is 9.16. The number of carbonyl (C=O) groups excluding carboxylic acids is 1. The Balaban J connectivity index is 2.60. The van der Waals surface area contributed by atoms with Gasteiger partial charge in [-0.05, 0) is 13.0 Å². The quantitative estimate of drug-likeness (QED) is 0.257. The highest BCUT2D eigenvalue weighted by molar-refractivity contribution is 5.81. The maximum absolute atomic E-state index is 10.9. The van der Waals surface area contributed by atoms with Crippen molar-refractivity contribution in [3.63, 3.8) is 0 Å². The number of benzene rings is 1. The van der Waals surface area contributed by atoms with E-state index in [1.165, 1.54) is 18.2 Å². The van der Waals surface area contributed by atoms with Gasteiger partial charge in [-0.2, -0.15) is 0 Å². The minimum absolute atomic E-state index is 0.0768. The van der Waals surface area contributed by atoms with E-state index < -0.39 is 10.9 Å². The number of esters is 1. The lowest BCUT2D eigenvalue weighted by Crippen LogP contribution is -1.99. The third-order valence-electron chi connectivity index (χ3n) is 1.72. The van der Waals surface area contributed by atoms with Crippen LogP contribution >= 0.6 is 0 Å². The molecule has 6 nitrogen and oxygen atoms in total. The lowest BCUT2D eigenvalue weighted by atomic mass is 10.3. The van der Waals surface area contributed by atoms with Crippen LogP contribution in [0.5, 0.6) is 5.75 Å².